The number of rotatable bonds is 7. The van der Waals surface area contributed by atoms with E-state index in [0.717, 1.165) is 44.4 Å². The number of hydrogen-bond donors (Lipinski definition) is 1. The lowest BCUT2D eigenvalue weighted by molar-refractivity contribution is 0.181. The summed E-state index contributed by atoms with van der Waals surface area (Å²) in [6.07, 6.45) is 1.14. The van der Waals surface area contributed by atoms with E-state index in [2.05, 4.69) is 57.1 Å². The maximum absolute atomic E-state index is 5.84. The number of guanidine groups is 1. The second-order valence-electron chi connectivity index (χ2n) is 7.97. The van der Waals surface area contributed by atoms with Crippen molar-refractivity contribution in [2.75, 3.05) is 46.5 Å². The van der Waals surface area contributed by atoms with Gasteiger partial charge in [0.1, 0.15) is 12.4 Å². The maximum Gasteiger partial charge on any atom is 0.193 e. The van der Waals surface area contributed by atoms with Crippen LogP contribution in [0.3, 0.4) is 0 Å². The van der Waals surface area contributed by atoms with E-state index in [1.165, 1.54) is 5.56 Å². The molecule has 0 radical (unpaired) electrons. The Hall–Kier alpha value is -1.75. The molecule has 1 aliphatic rings. The second-order valence-corrected chi connectivity index (χ2v) is 7.97. The van der Waals surface area contributed by atoms with Crippen molar-refractivity contribution in [1.29, 1.82) is 0 Å². The predicted octanol–water partition coefficient (Wildman–Crippen LogP) is 3.30. The standard InChI is InChI=1S/C21H35N3O2/c1-6-22-20(24(5)15-17-11-13-25-16-17)23-12-14-26-19-9-7-18(8-10-19)21(2,3)4/h7-10,17H,6,11-16H2,1-5H3,(H,22,23). The van der Waals surface area contributed by atoms with Crippen LogP contribution < -0.4 is 10.1 Å². The molecule has 0 bridgehead atoms. The molecule has 1 atom stereocenters. The lowest BCUT2D eigenvalue weighted by Crippen LogP contribution is -2.41. The third-order valence-electron chi connectivity index (χ3n) is 4.59. The van der Waals surface area contributed by atoms with Gasteiger partial charge in [-0.25, -0.2) is 4.99 Å². The molecule has 1 N–H and O–H groups in total. The fourth-order valence-electron chi connectivity index (χ4n) is 3.04. The molecule has 1 aromatic rings. The molecule has 0 aromatic heterocycles. The predicted molar refractivity (Wildman–Crippen MR) is 108 cm³/mol. The molecule has 0 aliphatic carbocycles. The molecule has 1 saturated heterocycles. The maximum atomic E-state index is 5.84. The van der Waals surface area contributed by atoms with E-state index in [1.54, 1.807) is 0 Å². The van der Waals surface area contributed by atoms with Gasteiger partial charge in [-0.2, -0.15) is 0 Å². The fourth-order valence-corrected chi connectivity index (χ4v) is 3.04. The Bertz CT molecular complexity index is 558. The van der Waals surface area contributed by atoms with Crippen LogP contribution in [0.5, 0.6) is 5.75 Å². The molecule has 1 heterocycles. The summed E-state index contributed by atoms with van der Waals surface area (Å²) in [5, 5.41) is 3.36. The van der Waals surface area contributed by atoms with Crippen LogP contribution in [0.4, 0.5) is 0 Å². The highest BCUT2D eigenvalue weighted by atomic mass is 16.5. The van der Waals surface area contributed by atoms with Gasteiger partial charge in [-0.05, 0) is 36.5 Å². The van der Waals surface area contributed by atoms with Crippen molar-refractivity contribution in [3.63, 3.8) is 0 Å². The van der Waals surface area contributed by atoms with Gasteiger partial charge in [-0.1, -0.05) is 32.9 Å². The van der Waals surface area contributed by atoms with Gasteiger partial charge in [-0.3, -0.25) is 0 Å². The minimum Gasteiger partial charge on any atom is -0.492 e. The molecule has 1 fully saturated rings. The minimum absolute atomic E-state index is 0.165. The van der Waals surface area contributed by atoms with Crippen LogP contribution in [0.1, 0.15) is 39.7 Å². The fraction of sp³-hybridized carbons (Fsp3) is 0.667. The molecule has 0 spiro atoms. The van der Waals surface area contributed by atoms with E-state index < -0.39 is 0 Å². The minimum atomic E-state index is 0.165. The summed E-state index contributed by atoms with van der Waals surface area (Å²) >= 11 is 0. The van der Waals surface area contributed by atoms with Crippen LogP contribution in [0.15, 0.2) is 29.3 Å². The Labute approximate surface area is 158 Å². The average Bonchev–Trinajstić information content (AvgIpc) is 3.10. The second kappa shape index (κ2) is 9.81. The van der Waals surface area contributed by atoms with Gasteiger partial charge in [0.15, 0.2) is 5.96 Å². The number of nitrogens with one attached hydrogen (secondary N) is 1. The number of hydrogen-bond acceptors (Lipinski definition) is 3. The van der Waals surface area contributed by atoms with Crippen LogP contribution in [-0.2, 0) is 10.2 Å². The summed E-state index contributed by atoms with van der Waals surface area (Å²) in [6.45, 7) is 13.5. The molecule has 146 valence electrons. The summed E-state index contributed by atoms with van der Waals surface area (Å²) in [5.41, 5.74) is 1.48. The van der Waals surface area contributed by atoms with Crippen molar-refractivity contribution in [2.24, 2.45) is 10.9 Å². The summed E-state index contributed by atoms with van der Waals surface area (Å²) < 4.78 is 11.3. The lowest BCUT2D eigenvalue weighted by Gasteiger charge is -2.24. The van der Waals surface area contributed by atoms with Crippen molar-refractivity contribution in [3.05, 3.63) is 29.8 Å². The average molecular weight is 362 g/mol. The molecule has 5 nitrogen and oxygen atoms in total. The van der Waals surface area contributed by atoms with Crippen LogP contribution in [0, 0.1) is 5.92 Å². The van der Waals surface area contributed by atoms with Crippen LogP contribution in [0.2, 0.25) is 0 Å². The molecule has 2 rings (SSSR count). The molecule has 1 aliphatic heterocycles. The molecule has 0 saturated carbocycles. The number of benzene rings is 1. The summed E-state index contributed by atoms with van der Waals surface area (Å²) in [4.78, 5) is 6.89. The lowest BCUT2D eigenvalue weighted by atomic mass is 9.87. The smallest absolute Gasteiger partial charge is 0.193 e. The van der Waals surface area contributed by atoms with Gasteiger partial charge in [-0.15, -0.1) is 0 Å². The Morgan fingerprint density at radius 3 is 2.62 bits per heavy atom. The van der Waals surface area contributed by atoms with Crippen molar-refractivity contribution >= 4 is 5.96 Å². The largest absolute Gasteiger partial charge is 0.492 e. The zero-order valence-corrected chi connectivity index (χ0v) is 17.0. The van der Waals surface area contributed by atoms with Gasteiger partial charge < -0.3 is 19.7 Å². The molecular weight excluding hydrogens is 326 g/mol. The zero-order valence-electron chi connectivity index (χ0n) is 17.0. The quantitative estimate of drug-likeness (QED) is 0.460. The summed E-state index contributed by atoms with van der Waals surface area (Å²) in [7, 11) is 2.09. The topological polar surface area (TPSA) is 46.1 Å². The zero-order chi connectivity index (χ0) is 19.0. The highest BCUT2D eigenvalue weighted by molar-refractivity contribution is 5.79. The van der Waals surface area contributed by atoms with E-state index in [0.29, 0.717) is 19.1 Å². The first kappa shape index (κ1) is 20.6. The van der Waals surface area contributed by atoms with Crippen LogP contribution in [0.25, 0.3) is 0 Å². The third kappa shape index (κ3) is 6.52. The van der Waals surface area contributed by atoms with Gasteiger partial charge in [0.05, 0.1) is 13.2 Å². The van der Waals surface area contributed by atoms with Crippen molar-refractivity contribution in [1.82, 2.24) is 10.2 Å². The Kier molecular flexibility index (Phi) is 7.76. The molecule has 26 heavy (non-hydrogen) atoms. The molecule has 1 aromatic carbocycles. The Morgan fingerprint density at radius 1 is 1.31 bits per heavy atom. The summed E-state index contributed by atoms with van der Waals surface area (Å²) in [6, 6.07) is 8.36. The van der Waals surface area contributed by atoms with Crippen molar-refractivity contribution in [2.45, 2.75) is 39.5 Å². The van der Waals surface area contributed by atoms with Gasteiger partial charge in [0, 0.05) is 32.7 Å². The normalized spacial score (nSPS) is 18.0. The van der Waals surface area contributed by atoms with Crippen molar-refractivity contribution in [3.8, 4) is 5.75 Å². The molecular formula is C21H35N3O2. The Morgan fingerprint density at radius 2 is 2.04 bits per heavy atom. The van der Waals surface area contributed by atoms with E-state index in [-0.39, 0.29) is 5.41 Å². The highest BCUT2D eigenvalue weighted by Gasteiger charge is 2.19. The first-order chi connectivity index (χ1) is 12.4. The first-order valence-electron chi connectivity index (χ1n) is 9.70. The van der Waals surface area contributed by atoms with Crippen LogP contribution >= 0.6 is 0 Å². The summed E-state index contributed by atoms with van der Waals surface area (Å²) in [5.74, 6) is 2.43. The molecule has 5 heteroatoms. The SMILES string of the molecule is CCNC(=NCCOc1ccc(C(C)(C)C)cc1)N(C)CC1CCOC1. The van der Waals surface area contributed by atoms with E-state index in [9.17, 15) is 0 Å². The Balaban J connectivity index is 1.81. The van der Waals surface area contributed by atoms with Crippen molar-refractivity contribution < 1.29 is 9.47 Å². The number of ether oxygens (including phenoxy) is 2. The van der Waals surface area contributed by atoms with Gasteiger partial charge in [0.25, 0.3) is 0 Å². The van der Waals surface area contributed by atoms with E-state index >= 15 is 0 Å². The number of aliphatic imine (C=N–C) groups is 1. The van der Waals surface area contributed by atoms with Gasteiger partial charge >= 0.3 is 0 Å². The first-order valence-corrected chi connectivity index (χ1v) is 9.70. The van der Waals surface area contributed by atoms with E-state index in [1.807, 2.05) is 12.1 Å². The highest BCUT2D eigenvalue weighted by Crippen LogP contribution is 2.24. The monoisotopic (exact) mass is 361 g/mol. The van der Waals surface area contributed by atoms with Crippen LogP contribution in [-0.4, -0.2) is 57.4 Å². The number of nitrogens with zero attached hydrogens (tertiary/aromatic N) is 2. The van der Waals surface area contributed by atoms with E-state index in [4.69, 9.17) is 14.5 Å². The molecule has 1 unspecified atom stereocenters. The third-order valence-corrected chi connectivity index (χ3v) is 4.59. The van der Waals surface area contributed by atoms with Gasteiger partial charge in [0.2, 0.25) is 0 Å². The molecule has 0 amide bonds.